The van der Waals surface area contributed by atoms with Crippen LogP contribution in [0.1, 0.15) is 59.4 Å². The maximum absolute atomic E-state index is 14.3. The SMILES string of the molecule is CCOC(=O)C1=C(c2ccccc2)N=c2s/c(=C\c3ccc(OCc4ccc(C(=O)OCC)cc4)c(OCC)c3)c(=O)n2[C@H]1c1ccc(Cl)cc1. The molecule has 0 unspecified atom stereocenters. The second-order valence-corrected chi connectivity index (χ2v) is 12.8. The molecule has 0 aliphatic carbocycles. The van der Waals surface area contributed by atoms with Crippen LogP contribution in [0, 0.1) is 0 Å². The molecule has 0 saturated carbocycles. The van der Waals surface area contributed by atoms with Gasteiger partial charge in [-0.05, 0) is 79.9 Å². The quantitative estimate of drug-likeness (QED) is 0.131. The van der Waals surface area contributed by atoms with Gasteiger partial charge >= 0.3 is 11.9 Å². The van der Waals surface area contributed by atoms with Crippen molar-refractivity contribution in [1.82, 2.24) is 4.57 Å². The van der Waals surface area contributed by atoms with Crippen molar-refractivity contribution in [2.24, 2.45) is 4.99 Å². The third-order valence-corrected chi connectivity index (χ3v) is 9.22. The topological polar surface area (TPSA) is 105 Å². The Hall–Kier alpha value is -5.45. The molecule has 0 bridgehead atoms. The van der Waals surface area contributed by atoms with E-state index in [4.69, 9.17) is 35.5 Å². The van der Waals surface area contributed by atoms with Gasteiger partial charge in [0.05, 0.1) is 47.2 Å². The summed E-state index contributed by atoms with van der Waals surface area (Å²) in [6.45, 7) is 6.50. The monoisotopic (exact) mass is 722 g/mol. The molecule has 0 amide bonds. The van der Waals surface area contributed by atoms with Crippen LogP contribution >= 0.6 is 22.9 Å². The first kappa shape index (κ1) is 35.4. The average molecular weight is 723 g/mol. The third-order valence-electron chi connectivity index (χ3n) is 7.98. The van der Waals surface area contributed by atoms with Gasteiger partial charge in [-0.3, -0.25) is 9.36 Å². The van der Waals surface area contributed by atoms with E-state index in [0.29, 0.717) is 61.5 Å². The normalized spacial score (nSPS) is 14.0. The van der Waals surface area contributed by atoms with E-state index in [1.165, 1.54) is 11.3 Å². The van der Waals surface area contributed by atoms with Crippen molar-refractivity contribution < 1.29 is 28.5 Å². The molecule has 260 valence electrons. The highest BCUT2D eigenvalue weighted by Gasteiger charge is 2.35. The molecule has 0 N–H and O–H groups in total. The van der Waals surface area contributed by atoms with E-state index in [1.807, 2.05) is 61.5 Å². The van der Waals surface area contributed by atoms with E-state index in [9.17, 15) is 14.4 Å². The molecule has 1 aliphatic rings. The standard InChI is InChI=1S/C40H35ClN2O7S/c1-4-47-32-22-26(14-21-31(32)50-24-25-12-15-29(16-13-25)38(45)48-5-2)23-33-37(44)43-36(28-17-19-30(41)20-18-28)34(39(46)49-6-3)35(42-40(43)51-33)27-10-8-7-9-11-27/h7-23,36H,4-6,24H2,1-3H3/b33-23-/t36-/m0/s1. The Morgan fingerprint density at radius 3 is 2.22 bits per heavy atom. The van der Waals surface area contributed by atoms with Gasteiger partial charge in [-0.1, -0.05) is 83.6 Å². The number of hydrogen-bond acceptors (Lipinski definition) is 9. The number of esters is 2. The molecule has 0 radical (unpaired) electrons. The van der Waals surface area contributed by atoms with Crippen LogP contribution in [0.5, 0.6) is 11.5 Å². The number of aromatic nitrogens is 1. The number of benzene rings is 4. The molecule has 11 heteroatoms. The number of hydrogen-bond donors (Lipinski definition) is 0. The minimum Gasteiger partial charge on any atom is -0.490 e. The lowest BCUT2D eigenvalue weighted by atomic mass is 9.93. The van der Waals surface area contributed by atoms with Crippen molar-refractivity contribution in [2.45, 2.75) is 33.4 Å². The Kier molecular flexibility index (Phi) is 11.1. The van der Waals surface area contributed by atoms with Crippen molar-refractivity contribution in [3.05, 3.63) is 155 Å². The molecule has 5 aromatic rings. The van der Waals surface area contributed by atoms with E-state index in [-0.39, 0.29) is 30.3 Å². The summed E-state index contributed by atoms with van der Waals surface area (Å²) in [5.74, 6) is 0.112. The van der Waals surface area contributed by atoms with Gasteiger partial charge in [0.15, 0.2) is 16.3 Å². The van der Waals surface area contributed by atoms with E-state index < -0.39 is 12.0 Å². The summed E-state index contributed by atoms with van der Waals surface area (Å²) in [6.07, 6.45) is 1.78. The molecular weight excluding hydrogens is 688 g/mol. The number of thiazole rings is 1. The van der Waals surface area contributed by atoms with Gasteiger partial charge in [0, 0.05) is 10.6 Å². The molecule has 6 rings (SSSR count). The van der Waals surface area contributed by atoms with Crippen LogP contribution in [0.2, 0.25) is 5.02 Å². The summed E-state index contributed by atoms with van der Waals surface area (Å²) in [4.78, 5) is 45.3. The minimum absolute atomic E-state index is 0.159. The van der Waals surface area contributed by atoms with Crippen LogP contribution < -0.4 is 24.4 Å². The van der Waals surface area contributed by atoms with Crippen molar-refractivity contribution in [3.8, 4) is 11.5 Å². The first-order chi connectivity index (χ1) is 24.8. The number of nitrogens with zero attached hydrogens (tertiary/aromatic N) is 2. The Morgan fingerprint density at radius 1 is 0.824 bits per heavy atom. The molecule has 0 spiro atoms. The first-order valence-electron chi connectivity index (χ1n) is 16.5. The fourth-order valence-electron chi connectivity index (χ4n) is 5.67. The second-order valence-electron chi connectivity index (χ2n) is 11.3. The zero-order chi connectivity index (χ0) is 35.9. The number of carbonyl (C=O) groups excluding carboxylic acids is 2. The summed E-state index contributed by atoms with van der Waals surface area (Å²) in [7, 11) is 0. The highest BCUT2D eigenvalue weighted by Crippen LogP contribution is 2.36. The smallest absolute Gasteiger partial charge is 0.338 e. The van der Waals surface area contributed by atoms with Gasteiger partial charge in [0.1, 0.15) is 6.61 Å². The number of halogens is 1. The predicted molar refractivity (Wildman–Crippen MR) is 197 cm³/mol. The van der Waals surface area contributed by atoms with Crippen LogP contribution in [0.4, 0.5) is 0 Å². The lowest BCUT2D eigenvalue weighted by Crippen LogP contribution is -2.40. The lowest BCUT2D eigenvalue weighted by Gasteiger charge is -2.25. The van der Waals surface area contributed by atoms with Crippen molar-refractivity contribution in [1.29, 1.82) is 0 Å². The lowest BCUT2D eigenvalue weighted by molar-refractivity contribution is -0.138. The first-order valence-corrected chi connectivity index (χ1v) is 17.7. The summed E-state index contributed by atoms with van der Waals surface area (Å²) in [6, 6.07) is 28.1. The fourth-order valence-corrected chi connectivity index (χ4v) is 6.79. The maximum Gasteiger partial charge on any atom is 0.338 e. The fraction of sp³-hybridized carbons (Fsp3) is 0.200. The van der Waals surface area contributed by atoms with Crippen LogP contribution in [0.15, 0.2) is 112 Å². The zero-order valence-corrected chi connectivity index (χ0v) is 29.8. The highest BCUT2D eigenvalue weighted by molar-refractivity contribution is 7.07. The molecule has 4 aromatic carbocycles. The Bertz CT molecular complexity index is 2260. The molecule has 9 nitrogen and oxygen atoms in total. The minimum atomic E-state index is -0.809. The summed E-state index contributed by atoms with van der Waals surface area (Å²) < 4.78 is 24.6. The molecular formula is C40H35ClN2O7S. The van der Waals surface area contributed by atoms with Crippen LogP contribution in [-0.4, -0.2) is 36.3 Å². The predicted octanol–water partition coefficient (Wildman–Crippen LogP) is 6.74. The van der Waals surface area contributed by atoms with E-state index in [2.05, 4.69) is 0 Å². The molecule has 2 heterocycles. The van der Waals surface area contributed by atoms with E-state index >= 15 is 0 Å². The van der Waals surface area contributed by atoms with Gasteiger partial charge < -0.3 is 18.9 Å². The average Bonchev–Trinajstić information content (AvgIpc) is 3.45. The number of fused-ring (bicyclic) bond motifs is 1. The summed E-state index contributed by atoms with van der Waals surface area (Å²) in [5, 5.41) is 0.528. The van der Waals surface area contributed by atoms with Crippen molar-refractivity contribution in [3.63, 3.8) is 0 Å². The Labute approximate surface area is 303 Å². The maximum atomic E-state index is 14.3. The van der Waals surface area contributed by atoms with Crippen LogP contribution in [0.3, 0.4) is 0 Å². The van der Waals surface area contributed by atoms with E-state index in [0.717, 1.165) is 11.1 Å². The molecule has 0 fully saturated rings. The van der Waals surface area contributed by atoms with Gasteiger partial charge in [-0.2, -0.15) is 0 Å². The zero-order valence-electron chi connectivity index (χ0n) is 28.3. The Morgan fingerprint density at radius 2 is 1.53 bits per heavy atom. The molecule has 51 heavy (non-hydrogen) atoms. The second kappa shape index (κ2) is 16.1. The number of rotatable bonds is 12. The number of ether oxygens (including phenoxy) is 4. The van der Waals surface area contributed by atoms with Gasteiger partial charge in [-0.25, -0.2) is 14.6 Å². The van der Waals surface area contributed by atoms with Crippen LogP contribution in [0.25, 0.3) is 11.8 Å². The third kappa shape index (κ3) is 7.82. The van der Waals surface area contributed by atoms with Crippen molar-refractivity contribution >= 4 is 46.6 Å². The molecule has 1 atom stereocenters. The van der Waals surface area contributed by atoms with E-state index in [1.54, 1.807) is 67.0 Å². The summed E-state index contributed by atoms with van der Waals surface area (Å²) >= 11 is 7.48. The summed E-state index contributed by atoms with van der Waals surface area (Å²) in [5.41, 5.74) is 3.86. The molecule has 1 aromatic heterocycles. The molecule has 0 saturated heterocycles. The Balaban J connectivity index is 1.39. The van der Waals surface area contributed by atoms with Gasteiger partial charge in [0.25, 0.3) is 5.56 Å². The highest BCUT2D eigenvalue weighted by atomic mass is 35.5. The van der Waals surface area contributed by atoms with Crippen molar-refractivity contribution in [2.75, 3.05) is 19.8 Å². The van der Waals surface area contributed by atoms with Crippen LogP contribution in [-0.2, 0) is 20.9 Å². The largest absolute Gasteiger partial charge is 0.490 e. The number of carbonyl (C=O) groups is 2. The molecule has 1 aliphatic heterocycles. The van der Waals surface area contributed by atoms with Gasteiger partial charge in [-0.15, -0.1) is 0 Å². The van der Waals surface area contributed by atoms with Gasteiger partial charge in [0.2, 0.25) is 0 Å².